The van der Waals surface area contributed by atoms with Gasteiger partial charge in [0.2, 0.25) is 0 Å². The summed E-state index contributed by atoms with van der Waals surface area (Å²) in [6.45, 7) is -2.49. The second-order valence-electron chi connectivity index (χ2n) is 5.64. The van der Waals surface area contributed by atoms with E-state index in [0.29, 0.717) is 0 Å². The molecule has 1 aromatic rings. The van der Waals surface area contributed by atoms with Crippen molar-refractivity contribution < 1.29 is 54.9 Å². The predicted octanol–water partition coefficient (Wildman–Crippen LogP) is -2.75. The highest BCUT2D eigenvalue weighted by molar-refractivity contribution is 6.03. The van der Waals surface area contributed by atoms with Gasteiger partial charge in [0, 0.05) is 0 Å². The van der Waals surface area contributed by atoms with Crippen molar-refractivity contribution in [2.45, 2.75) is 11.6 Å². The number of ether oxygens (including phenoxy) is 1. The van der Waals surface area contributed by atoms with Crippen molar-refractivity contribution in [3.63, 3.8) is 0 Å². The van der Waals surface area contributed by atoms with Crippen LogP contribution in [0.25, 0.3) is 0 Å². The van der Waals surface area contributed by atoms with E-state index in [9.17, 15) is 14.4 Å². The molecule has 12 heteroatoms. The highest BCUT2D eigenvalue weighted by Crippen LogP contribution is 2.14. The number of carbonyl (C=O) groups excluding carboxylic acids is 1. The van der Waals surface area contributed by atoms with Crippen LogP contribution in [0, 0.1) is 0 Å². The van der Waals surface area contributed by atoms with Crippen molar-refractivity contribution in [3.05, 3.63) is 34.9 Å². The number of carboxylic acid groups (broad SMARTS) is 2. The molecule has 9 N–H and O–H groups in total. The number of hydrogen-bond donors (Lipinski definition) is 8. The van der Waals surface area contributed by atoms with Crippen LogP contribution in [-0.4, -0.2) is 98.3 Å². The SMILES string of the molecule is NC(CO)(CO)COC(=O)c1ccc(C(=O)O)c(C(=O)O)c1.OCC(O)CO. The Hall–Kier alpha value is -2.61. The van der Waals surface area contributed by atoms with Crippen molar-refractivity contribution in [2.24, 2.45) is 5.73 Å². The van der Waals surface area contributed by atoms with Gasteiger partial charge in [0.05, 0.1) is 48.7 Å². The summed E-state index contributed by atoms with van der Waals surface area (Å²) >= 11 is 0. The highest BCUT2D eigenvalue weighted by Gasteiger charge is 2.26. The molecule has 12 nitrogen and oxygen atoms in total. The maximum atomic E-state index is 11.8. The zero-order valence-electron chi connectivity index (χ0n) is 14.7. The first-order chi connectivity index (χ1) is 13.0. The fraction of sp³-hybridized carbons (Fsp3) is 0.438. The number of nitrogens with two attached hydrogens (primary N) is 1. The summed E-state index contributed by atoms with van der Waals surface area (Å²) < 4.78 is 4.79. The topological polar surface area (TPSA) is 228 Å². The molecule has 0 amide bonds. The molecule has 28 heavy (non-hydrogen) atoms. The first kappa shape index (κ1) is 25.4. The normalized spacial score (nSPS) is 10.8. The molecule has 0 radical (unpaired) electrons. The van der Waals surface area contributed by atoms with Crippen LogP contribution < -0.4 is 5.73 Å². The molecule has 1 rings (SSSR count). The minimum atomic E-state index is -1.52. The van der Waals surface area contributed by atoms with E-state index in [2.05, 4.69) is 0 Å². The predicted molar refractivity (Wildman–Crippen MR) is 91.9 cm³/mol. The molecule has 0 aliphatic carbocycles. The average molecular weight is 405 g/mol. The molecule has 0 aromatic heterocycles. The van der Waals surface area contributed by atoms with Crippen molar-refractivity contribution in [2.75, 3.05) is 33.0 Å². The molecule has 0 saturated carbocycles. The van der Waals surface area contributed by atoms with E-state index in [-0.39, 0.29) is 18.8 Å². The Morgan fingerprint density at radius 2 is 1.46 bits per heavy atom. The van der Waals surface area contributed by atoms with Gasteiger partial charge in [0.25, 0.3) is 0 Å². The van der Waals surface area contributed by atoms with E-state index in [1.54, 1.807) is 0 Å². The maximum Gasteiger partial charge on any atom is 0.338 e. The molecule has 0 saturated heterocycles. The van der Waals surface area contributed by atoms with Gasteiger partial charge in [-0.2, -0.15) is 0 Å². The number of esters is 1. The number of carboxylic acids is 2. The van der Waals surface area contributed by atoms with Gasteiger partial charge < -0.3 is 46.2 Å². The van der Waals surface area contributed by atoms with Gasteiger partial charge in [-0.25, -0.2) is 14.4 Å². The van der Waals surface area contributed by atoms with Crippen LogP contribution >= 0.6 is 0 Å². The molecular weight excluding hydrogens is 382 g/mol. The zero-order chi connectivity index (χ0) is 21.9. The Morgan fingerprint density at radius 1 is 0.964 bits per heavy atom. The first-order valence-electron chi connectivity index (χ1n) is 7.73. The molecule has 0 atom stereocenters. The molecule has 0 aliphatic rings. The molecule has 0 spiro atoms. The number of carbonyl (C=O) groups is 3. The second-order valence-corrected chi connectivity index (χ2v) is 5.64. The van der Waals surface area contributed by atoms with Crippen LogP contribution in [0.15, 0.2) is 18.2 Å². The van der Waals surface area contributed by atoms with Gasteiger partial charge in [0.15, 0.2) is 0 Å². The minimum absolute atomic E-state index is 0.194. The maximum absolute atomic E-state index is 11.8. The standard InChI is InChI=1S/C13H15NO8.C3H8O3/c14-13(4-15,5-16)6-22-12(21)7-1-2-8(10(17)18)9(3-7)11(19)20;4-1-3(6)2-5/h1-3,15-16H,4-6,14H2,(H,17,18)(H,19,20);3-6H,1-2H2. The third kappa shape index (κ3) is 7.96. The van der Waals surface area contributed by atoms with Crippen molar-refractivity contribution in [1.82, 2.24) is 0 Å². The lowest BCUT2D eigenvalue weighted by Gasteiger charge is -2.23. The van der Waals surface area contributed by atoms with Crippen LogP contribution in [0.2, 0.25) is 0 Å². The molecule has 1 aromatic carbocycles. The lowest BCUT2D eigenvalue weighted by molar-refractivity contribution is 0.0209. The summed E-state index contributed by atoms with van der Waals surface area (Å²) in [5.41, 5.74) is 2.77. The molecular formula is C16H23NO11. The van der Waals surface area contributed by atoms with Crippen molar-refractivity contribution in [3.8, 4) is 0 Å². The van der Waals surface area contributed by atoms with Gasteiger partial charge in [-0.05, 0) is 18.2 Å². The molecule has 0 aliphatic heterocycles. The quantitative estimate of drug-likeness (QED) is 0.196. The smallest absolute Gasteiger partial charge is 0.338 e. The fourth-order valence-electron chi connectivity index (χ4n) is 1.53. The van der Waals surface area contributed by atoms with Gasteiger partial charge in [-0.1, -0.05) is 0 Å². The lowest BCUT2D eigenvalue weighted by atomic mass is 10.0. The van der Waals surface area contributed by atoms with E-state index < -0.39 is 60.5 Å². The van der Waals surface area contributed by atoms with Crippen LogP contribution in [0.1, 0.15) is 31.1 Å². The largest absolute Gasteiger partial charge is 0.478 e. The number of rotatable bonds is 9. The molecule has 0 unspecified atom stereocenters. The third-order valence-electron chi connectivity index (χ3n) is 3.26. The Labute approximate surface area is 159 Å². The third-order valence-corrected chi connectivity index (χ3v) is 3.26. The summed E-state index contributed by atoms with van der Waals surface area (Å²) in [4.78, 5) is 33.7. The highest BCUT2D eigenvalue weighted by atomic mass is 16.5. The van der Waals surface area contributed by atoms with Crippen LogP contribution in [0.5, 0.6) is 0 Å². The van der Waals surface area contributed by atoms with Crippen LogP contribution in [0.4, 0.5) is 0 Å². The van der Waals surface area contributed by atoms with Crippen molar-refractivity contribution >= 4 is 17.9 Å². The summed E-state index contributed by atoms with van der Waals surface area (Å²) in [5.74, 6) is -3.92. The minimum Gasteiger partial charge on any atom is -0.478 e. The molecule has 0 heterocycles. The number of aliphatic hydroxyl groups is 5. The van der Waals surface area contributed by atoms with Gasteiger partial charge in [0.1, 0.15) is 12.7 Å². The van der Waals surface area contributed by atoms with Crippen LogP contribution in [-0.2, 0) is 4.74 Å². The number of benzene rings is 1. The van der Waals surface area contributed by atoms with Crippen molar-refractivity contribution in [1.29, 1.82) is 0 Å². The summed E-state index contributed by atoms with van der Waals surface area (Å²) in [6.07, 6.45) is -0.954. The Kier molecular flexibility index (Phi) is 10.9. The van der Waals surface area contributed by atoms with E-state index in [1.807, 2.05) is 0 Å². The number of aromatic carboxylic acids is 2. The van der Waals surface area contributed by atoms with E-state index in [1.165, 1.54) is 0 Å². The Bertz CT molecular complexity index is 669. The lowest BCUT2D eigenvalue weighted by Crippen LogP contribution is -2.51. The molecule has 0 fully saturated rings. The van der Waals surface area contributed by atoms with E-state index in [4.69, 9.17) is 46.2 Å². The van der Waals surface area contributed by atoms with Crippen LogP contribution in [0.3, 0.4) is 0 Å². The molecule has 158 valence electrons. The Balaban J connectivity index is 0.00000105. The fourth-order valence-corrected chi connectivity index (χ4v) is 1.53. The van der Waals surface area contributed by atoms with Gasteiger partial charge >= 0.3 is 17.9 Å². The van der Waals surface area contributed by atoms with Gasteiger partial charge in [-0.3, -0.25) is 0 Å². The number of aliphatic hydroxyl groups excluding tert-OH is 5. The molecule has 0 bridgehead atoms. The van der Waals surface area contributed by atoms with Gasteiger partial charge in [-0.15, -0.1) is 0 Å². The monoisotopic (exact) mass is 405 g/mol. The Morgan fingerprint density at radius 3 is 1.82 bits per heavy atom. The summed E-state index contributed by atoms with van der Waals surface area (Å²) in [6, 6.07) is 2.93. The second kappa shape index (κ2) is 12.0. The zero-order valence-corrected chi connectivity index (χ0v) is 14.7. The van der Waals surface area contributed by atoms with E-state index in [0.717, 1.165) is 18.2 Å². The first-order valence-corrected chi connectivity index (χ1v) is 7.73. The number of hydrogen-bond acceptors (Lipinski definition) is 10. The summed E-state index contributed by atoms with van der Waals surface area (Å²) in [7, 11) is 0. The average Bonchev–Trinajstić information content (AvgIpc) is 2.70. The van der Waals surface area contributed by atoms with E-state index >= 15 is 0 Å². The summed E-state index contributed by atoms with van der Waals surface area (Å²) in [5, 5.41) is 59.8.